The topological polar surface area (TPSA) is 68.8 Å². The molecule has 1 aromatic heterocycles. The molecule has 2 atom stereocenters. The minimum Gasteiger partial charge on any atom is -0.336 e. The number of hydrogen-bond acceptors (Lipinski definition) is 4. The van der Waals surface area contributed by atoms with Crippen LogP contribution in [0.25, 0.3) is 0 Å². The van der Waals surface area contributed by atoms with E-state index < -0.39 is 0 Å². The molecule has 0 aliphatic carbocycles. The van der Waals surface area contributed by atoms with Gasteiger partial charge in [0.05, 0.1) is 11.6 Å². The molecule has 5 rings (SSSR count). The molecule has 186 valence electrons. The molecule has 7 nitrogen and oxygen atoms in total. The van der Waals surface area contributed by atoms with Crippen LogP contribution in [0.15, 0.2) is 79.1 Å². The van der Waals surface area contributed by atoms with Crippen molar-refractivity contribution in [2.75, 3.05) is 39.3 Å². The number of aromatic nitrogens is 1. The average molecular weight is 484 g/mol. The van der Waals surface area contributed by atoms with Gasteiger partial charge >= 0.3 is 6.03 Å². The van der Waals surface area contributed by atoms with Crippen LogP contribution >= 0.6 is 0 Å². The van der Waals surface area contributed by atoms with Gasteiger partial charge in [0.15, 0.2) is 0 Å². The third-order valence-electron chi connectivity index (χ3n) is 7.22. The van der Waals surface area contributed by atoms with Crippen LogP contribution in [-0.2, 0) is 6.42 Å². The first kappa shape index (κ1) is 24.0. The lowest BCUT2D eigenvalue weighted by molar-refractivity contribution is 0.0318. The van der Waals surface area contributed by atoms with Crippen LogP contribution in [-0.4, -0.2) is 76.9 Å². The lowest BCUT2D eigenvalue weighted by atomic mass is 9.92. The van der Waals surface area contributed by atoms with Gasteiger partial charge in [0, 0.05) is 57.7 Å². The Bertz CT molecular complexity index is 1190. The summed E-state index contributed by atoms with van der Waals surface area (Å²) < 4.78 is 0. The van der Waals surface area contributed by atoms with Crippen LogP contribution in [0.2, 0.25) is 0 Å². The number of nitrogens with one attached hydrogen (secondary N) is 1. The zero-order valence-electron chi connectivity index (χ0n) is 20.7. The molecule has 2 fully saturated rings. The fourth-order valence-electron chi connectivity index (χ4n) is 5.36. The van der Waals surface area contributed by atoms with Crippen molar-refractivity contribution < 1.29 is 9.59 Å². The van der Waals surface area contributed by atoms with Crippen LogP contribution in [0.3, 0.4) is 0 Å². The zero-order chi connectivity index (χ0) is 24.9. The van der Waals surface area contributed by atoms with E-state index >= 15 is 0 Å². The summed E-state index contributed by atoms with van der Waals surface area (Å²) in [5.41, 5.74) is 4.35. The van der Waals surface area contributed by atoms with Crippen molar-refractivity contribution in [3.8, 4) is 0 Å². The van der Waals surface area contributed by atoms with Crippen molar-refractivity contribution >= 4 is 11.9 Å². The van der Waals surface area contributed by atoms with Crippen LogP contribution in [0.4, 0.5) is 4.79 Å². The summed E-state index contributed by atoms with van der Waals surface area (Å²) in [5.74, 6) is -0.0112. The normalized spacial score (nSPS) is 19.2. The predicted molar refractivity (Wildman–Crippen MR) is 140 cm³/mol. The van der Waals surface area contributed by atoms with E-state index in [4.69, 9.17) is 0 Å². The lowest BCUT2D eigenvalue weighted by Gasteiger charge is -2.46. The van der Waals surface area contributed by atoms with Crippen LogP contribution in [0.5, 0.6) is 0 Å². The monoisotopic (exact) mass is 483 g/mol. The first-order chi connectivity index (χ1) is 17.6. The number of hydrogen-bond donors (Lipinski definition) is 1. The van der Waals surface area contributed by atoms with Gasteiger partial charge in [-0.05, 0) is 35.2 Å². The number of amides is 3. The second-order valence-electron chi connectivity index (χ2n) is 9.47. The van der Waals surface area contributed by atoms with E-state index in [-0.39, 0.29) is 24.0 Å². The number of pyridine rings is 1. The zero-order valence-corrected chi connectivity index (χ0v) is 20.7. The van der Waals surface area contributed by atoms with Gasteiger partial charge in [-0.3, -0.25) is 14.7 Å². The predicted octanol–water partition coefficient (Wildman–Crippen LogP) is 3.59. The molecule has 3 heterocycles. The molecule has 1 N–H and O–H groups in total. The highest BCUT2D eigenvalue weighted by atomic mass is 16.2. The van der Waals surface area contributed by atoms with Crippen molar-refractivity contribution in [2.45, 2.75) is 25.4 Å². The molecule has 2 aliphatic rings. The van der Waals surface area contributed by atoms with Gasteiger partial charge in [0.2, 0.25) is 0 Å². The Morgan fingerprint density at radius 2 is 1.86 bits per heavy atom. The first-order valence-corrected chi connectivity index (χ1v) is 12.8. The van der Waals surface area contributed by atoms with E-state index in [1.807, 2.05) is 21.9 Å². The highest BCUT2D eigenvalue weighted by molar-refractivity contribution is 5.94. The first-order valence-electron chi connectivity index (χ1n) is 12.8. The van der Waals surface area contributed by atoms with Gasteiger partial charge in [-0.15, -0.1) is 0 Å². The van der Waals surface area contributed by atoms with Gasteiger partial charge < -0.3 is 15.1 Å². The van der Waals surface area contributed by atoms with Gasteiger partial charge in [-0.2, -0.15) is 0 Å². The molecular weight excluding hydrogens is 450 g/mol. The SMILES string of the molecule is CCc1cccc(C(c2ccccc2)N2CCN(C(=O)c3cccnc3)CC2CN2CCNC2=O)c1. The molecule has 2 unspecified atom stereocenters. The molecule has 0 radical (unpaired) electrons. The van der Waals surface area contributed by atoms with Gasteiger partial charge in [0.25, 0.3) is 5.91 Å². The second kappa shape index (κ2) is 10.9. The Labute approximate surface area is 212 Å². The maximum atomic E-state index is 13.3. The van der Waals surface area contributed by atoms with E-state index in [0.29, 0.717) is 44.8 Å². The Balaban J connectivity index is 1.50. The van der Waals surface area contributed by atoms with Crippen molar-refractivity contribution in [2.24, 2.45) is 0 Å². The van der Waals surface area contributed by atoms with E-state index in [1.165, 1.54) is 16.7 Å². The molecule has 36 heavy (non-hydrogen) atoms. The van der Waals surface area contributed by atoms with E-state index in [1.54, 1.807) is 18.5 Å². The van der Waals surface area contributed by atoms with Gasteiger partial charge in [-0.1, -0.05) is 61.5 Å². The van der Waals surface area contributed by atoms with Crippen LogP contribution < -0.4 is 5.32 Å². The molecule has 7 heteroatoms. The summed E-state index contributed by atoms with van der Waals surface area (Å²) in [6.45, 7) is 5.96. The average Bonchev–Trinajstić information content (AvgIpc) is 3.34. The Kier molecular flexibility index (Phi) is 7.28. The summed E-state index contributed by atoms with van der Waals surface area (Å²) in [6, 6.07) is 22.9. The standard InChI is InChI=1S/C29H33N5O2/c1-2-22-8-6-11-24(18-22)27(23-9-4-3-5-10-23)34-17-16-32(28(35)25-12-7-13-30-19-25)20-26(34)21-33-15-14-31-29(33)36/h3-13,18-19,26-27H,2,14-17,20-21H2,1H3,(H,31,36). The number of carbonyl (C=O) groups is 2. The summed E-state index contributed by atoms with van der Waals surface area (Å²) in [6.07, 6.45) is 4.28. The molecule has 3 aromatic rings. The maximum Gasteiger partial charge on any atom is 0.317 e. The Hall–Kier alpha value is -3.71. The Morgan fingerprint density at radius 3 is 2.58 bits per heavy atom. The molecule has 0 saturated carbocycles. The van der Waals surface area contributed by atoms with E-state index in [9.17, 15) is 9.59 Å². The Morgan fingerprint density at radius 1 is 1.03 bits per heavy atom. The fourth-order valence-corrected chi connectivity index (χ4v) is 5.36. The van der Waals surface area contributed by atoms with E-state index in [0.717, 1.165) is 6.42 Å². The second-order valence-corrected chi connectivity index (χ2v) is 9.47. The third kappa shape index (κ3) is 5.11. The maximum absolute atomic E-state index is 13.3. The van der Waals surface area contributed by atoms with E-state index in [2.05, 4.69) is 70.7 Å². The van der Waals surface area contributed by atoms with Gasteiger partial charge in [0.1, 0.15) is 0 Å². The largest absolute Gasteiger partial charge is 0.336 e. The number of benzene rings is 2. The minimum atomic E-state index is -0.0325. The number of aryl methyl sites for hydroxylation is 1. The number of urea groups is 1. The summed E-state index contributed by atoms with van der Waals surface area (Å²) >= 11 is 0. The highest BCUT2D eigenvalue weighted by Gasteiger charge is 2.37. The molecule has 2 saturated heterocycles. The summed E-state index contributed by atoms with van der Waals surface area (Å²) in [7, 11) is 0. The molecule has 0 bridgehead atoms. The molecule has 2 aliphatic heterocycles. The van der Waals surface area contributed by atoms with Crippen LogP contribution in [0.1, 0.15) is 40.0 Å². The molecule has 2 aromatic carbocycles. The summed E-state index contributed by atoms with van der Waals surface area (Å²) in [5, 5.41) is 2.92. The van der Waals surface area contributed by atoms with Gasteiger partial charge in [-0.25, -0.2) is 4.79 Å². The van der Waals surface area contributed by atoms with Crippen molar-refractivity contribution in [1.82, 2.24) is 25.0 Å². The van der Waals surface area contributed by atoms with Crippen molar-refractivity contribution in [1.29, 1.82) is 0 Å². The van der Waals surface area contributed by atoms with Crippen molar-refractivity contribution in [3.63, 3.8) is 0 Å². The fraction of sp³-hybridized carbons (Fsp3) is 0.345. The molecular formula is C29H33N5O2. The number of rotatable bonds is 7. The minimum absolute atomic E-state index is 0.0112. The van der Waals surface area contributed by atoms with Crippen LogP contribution in [0, 0.1) is 0 Å². The lowest BCUT2D eigenvalue weighted by Crippen LogP contribution is -2.59. The number of nitrogens with zero attached hydrogens (tertiary/aromatic N) is 4. The quantitative estimate of drug-likeness (QED) is 0.558. The smallest absolute Gasteiger partial charge is 0.317 e. The number of piperazine rings is 1. The van der Waals surface area contributed by atoms with Crippen molar-refractivity contribution in [3.05, 3.63) is 101 Å². The number of carbonyl (C=O) groups excluding carboxylic acids is 2. The highest BCUT2D eigenvalue weighted by Crippen LogP contribution is 2.33. The molecule has 3 amide bonds. The molecule has 0 spiro atoms. The third-order valence-corrected chi connectivity index (χ3v) is 7.22. The summed E-state index contributed by atoms with van der Waals surface area (Å²) in [4.78, 5) is 36.2.